The van der Waals surface area contributed by atoms with Crippen LogP contribution in [0.3, 0.4) is 0 Å². The highest BCUT2D eigenvalue weighted by atomic mass is 16.3. The number of aromatic amines is 1. The van der Waals surface area contributed by atoms with Gasteiger partial charge in [0.15, 0.2) is 0 Å². The van der Waals surface area contributed by atoms with Gasteiger partial charge in [0.25, 0.3) is 0 Å². The van der Waals surface area contributed by atoms with Crippen molar-refractivity contribution in [2.24, 2.45) is 0 Å². The number of aliphatic hydroxyl groups excluding tert-OH is 1. The Kier molecular flexibility index (Phi) is 1.72. The van der Waals surface area contributed by atoms with Crippen molar-refractivity contribution < 1.29 is 9.52 Å². The van der Waals surface area contributed by atoms with Crippen molar-refractivity contribution >= 4 is 0 Å². The zero-order chi connectivity index (χ0) is 8.39. The van der Waals surface area contributed by atoms with Crippen molar-refractivity contribution in [1.82, 2.24) is 4.98 Å². The monoisotopic (exact) mass is 163 g/mol. The molecule has 0 aliphatic heterocycles. The molecule has 2 N–H and O–H groups in total. The first-order valence-electron chi connectivity index (χ1n) is 3.71. The maximum Gasteiger partial charge on any atom is 0.109 e. The lowest BCUT2D eigenvalue weighted by atomic mass is 10.1. The van der Waals surface area contributed by atoms with Gasteiger partial charge in [-0.3, -0.25) is 0 Å². The first-order chi connectivity index (χ1) is 5.88. The molecule has 1 unspecified atom stereocenters. The van der Waals surface area contributed by atoms with Gasteiger partial charge in [-0.1, -0.05) is 0 Å². The fourth-order valence-corrected chi connectivity index (χ4v) is 1.13. The third-order valence-electron chi connectivity index (χ3n) is 1.80. The maximum atomic E-state index is 9.69. The van der Waals surface area contributed by atoms with Gasteiger partial charge >= 0.3 is 0 Å². The van der Waals surface area contributed by atoms with Crippen LogP contribution in [-0.4, -0.2) is 10.1 Å². The van der Waals surface area contributed by atoms with E-state index < -0.39 is 6.10 Å². The predicted octanol–water partition coefficient (Wildman–Crippen LogP) is 1.69. The molecule has 0 radical (unpaired) electrons. The minimum atomic E-state index is -0.588. The van der Waals surface area contributed by atoms with Gasteiger partial charge in [-0.2, -0.15) is 0 Å². The van der Waals surface area contributed by atoms with Crippen LogP contribution in [0.4, 0.5) is 0 Å². The quantitative estimate of drug-likeness (QED) is 0.707. The second-order valence-electron chi connectivity index (χ2n) is 2.60. The first-order valence-corrected chi connectivity index (χ1v) is 3.71. The molecule has 3 heteroatoms. The van der Waals surface area contributed by atoms with Crippen molar-refractivity contribution in [3.63, 3.8) is 0 Å². The number of nitrogens with one attached hydrogen (secondary N) is 1. The molecule has 0 aliphatic rings. The van der Waals surface area contributed by atoms with Gasteiger partial charge in [-0.25, -0.2) is 0 Å². The second kappa shape index (κ2) is 2.87. The Balaban J connectivity index is 2.27. The average Bonchev–Trinajstić information content (AvgIpc) is 2.77. The normalized spacial score (nSPS) is 13.1. The summed E-state index contributed by atoms with van der Waals surface area (Å²) in [6.45, 7) is 0. The second-order valence-corrected chi connectivity index (χ2v) is 2.60. The molecule has 0 aliphatic carbocycles. The molecule has 2 rings (SSSR count). The number of aliphatic hydroxyl groups is 1. The Morgan fingerprint density at radius 3 is 2.83 bits per heavy atom. The maximum absolute atomic E-state index is 9.69. The van der Waals surface area contributed by atoms with Crippen molar-refractivity contribution in [1.29, 1.82) is 0 Å². The molecule has 2 heterocycles. The van der Waals surface area contributed by atoms with E-state index in [1.165, 1.54) is 6.26 Å². The fourth-order valence-electron chi connectivity index (χ4n) is 1.13. The van der Waals surface area contributed by atoms with E-state index in [0.29, 0.717) is 0 Å². The molecule has 1 atom stereocenters. The lowest BCUT2D eigenvalue weighted by Crippen LogP contribution is -1.95. The average molecular weight is 163 g/mol. The molecule has 12 heavy (non-hydrogen) atoms. The molecule has 3 nitrogen and oxygen atoms in total. The molecule has 0 spiro atoms. The van der Waals surface area contributed by atoms with Crippen LogP contribution in [0.2, 0.25) is 0 Å². The van der Waals surface area contributed by atoms with Crippen LogP contribution >= 0.6 is 0 Å². The molecule has 0 fully saturated rings. The summed E-state index contributed by atoms with van der Waals surface area (Å²) in [6.07, 6.45) is 6.04. The molecular weight excluding hydrogens is 154 g/mol. The van der Waals surface area contributed by atoms with Crippen LogP contribution in [0.1, 0.15) is 17.2 Å². The summed E-state index contributed by atoms with van der Waals surface area (Å²) in [4.78, 5) is 2.88. The van der Waals surface area contributed by atoms with E-state index >= 15 is 0 Å². The lowest BCUT2D eigenvalue weighted by Gasteiger charge is -2.03. The first kappa shape index (κ1) is 7.18. The fraction of sp³-hybridized carbons (Fsp3) is 0.111. The van der Waals surface area contributed by atoms with Gasteiger partial charge in [0, 0.05) is 23.5 Å². The molecular formula is C9H9NO2. The van der Waals surface area contributed by atoms with Gasteiger partial charge in [0.05, 0.1) is 12.5 Å². The molecule has 0 aromatic carbocycles. The highest BCUT2D eigenvalue weighted by molar-refractivity contribution is 5.24. The Hall–Kier alpha value is -1.48. The molecule has 0 saturated carbocycles. The minimum absolute atomic E-state index is 0.588. The minimum Gasteiger partial charge on any atom is -0.472 e. The summed E-state index contributed by atoms with van der Waals surface area (Å²) < 4.78 is 4.86. The van der Waals surface area contributed by atoms with Crippen molar-refractivity contribution in [2.45, 2.75) is 6.10 Å². The molecule has 0 saturated heterocycles. The predicted molar refractivity (Wildman–Crippen MR) is 43.6 cm³/mol. The Morgan fingerprint density at radius 1 is 1.33 bits per heavy atom. The lowest BCUT2D eigenvalue weighted by molar-refractivity contribution is 0.219. The topological polar surface area (TPSA) is 49.2 Å². The third-order valence-corrected chi connectivity index (χ3v) is 1.80. The van der Waals surface area contributed by atoms with E-state index in [4.69, 9.17) is 4.42 Å². The number of aromatic nitrogens is 1. The largest absolute Gasteiger partial charge is 0.472 e. The Morgan fingerprint density at radius 2 is 2.25 bits per heavy atom. The third kappa shape index (κ3) is 1.14. The highest BCUT2D eigenvalue weighted by Crippen LogP contribution is 2.20. The number of hydrogen-bond donors (Lipinski definition) is 2. The van der Waals surface area contributed by atoms with Gasteiger partial charge in [-0.15, -0.1) is 0 Å². The summed E-state index contributed by atoms with van der Waals surface area (Å²) in [6, 6.07) is 3.58. The van der Waals surface area contributed by atoms with Gasteiger partial charge in [-0.05, 0) is 12.1 Å². The van der Waals surface area contributed by atoms with Crippen LogP contribution in [0.25, 0.3) is 0 Å². The van der Waals surface area contributed by atoms with E-state index in [-0.39, 0.29) is 0 Å². The number of rotatable bonds is 2. The SMILES string of the molecule is OC(c1cc[nH]c1)c1ccoc1. The van der Waals surface area contributed by atoms with Crippen LogP contribution in [0.15, 0.2) is 41.5 Å². The summed E-state index contributed by atoms with van der Waals surface area (Å²) >= 11 is 0. The Bertz CT molecular complexity index is 289. The summed E-state index contributed by atoms with van der Waals surface area (Å²) in [5.74, 6) is 0. The van der Waals surface area contributed by atoms with E-state index in [2.05, 4.69) is 4.98 Å². The number of hydrogen-bond acceptors (Lipinski definition) is 2. The zero-order valence-corrected chi connectivity index (χ0v) is 6.40. The van der Waals surface area contributed by atoms with Gasteiger partial charge in [0.2, 0.25) is 0 Å². The number of furan rings is 1. The van der Waals surface area contributed by atoms with Gasteiger partial charge < -0.3 is 14.5 Å². The van der Waals surface area contributed by atoms with Crippen LogP contribution in [0.5, 0.6) is 0 Å². The summed E-state index contributed by atoms with van der Waals surface area (Å²) in [5, 5.41) is 9.69. The zero-order valence-electron chi connectivity index (χ0n) is 6.40. The smallest absolute Gasteiger partial charge is 0.109 e. The van der Waals surface area contributed by atoms with E-state index in [1.807, 2.05) is 6.07 Å². The molecule has 2 aromatic heterocycles. The van der Waals surface area contributed by atoms with E-state index in [1.54, 1.807) is 24.7 Å². The summed E-state index contributed by atoms with van der Waals surface area (Å²) in [5.41, 5.74) is 1.62. The molecule has 2 aromatic rings. The van der Waals surface area contributed by atoms with Crippen molar-refractivity contribution in [3.8, 4) is 0 Å². The molecule has 62 valence electrons. The van der Waals surface area contributed by atoms with E-state index in [0.717, 1.165) is 11.1 Å². The van der Waals surface area contributed by atoms with Crippen LogP contribution < -0.4 is 0 Å². The Labute approximate surface area is 69.7 Å². The molecule has 0 amide bonds. The number of H-pyrrole nitrogens is 1. The van der Waals surface area contributed by atoms with Crippen LogP contribution in [0, 0.1) is 0 Å². The van der Waals surface area contributed by atoms with Crippen molar-refractivity contribution in [2.75, 3.05) is 0 Å². The highest BCUT2D eigenvalue weighted by Gasteiger charge is 2.10. The summed E-state index contributed by atoms with van der Waals surface area (Å²) in [7, 11) is 0. The van der Waals surface area contributed by atoms with E-state index in [9.17, 15) is 5.11 Å². The van der Waals surface area contributed by atoms with Crippen LogP contribution in [-0.2, 0) is 0 Å². The standard InChI is InChI=1S/C9H9NO2/c11-9(7-1-3-10-5-7)8-2-4-12-6-8/h1-6,9-11H. The molecule has 0 bridgehead atoms. The van der Waals surface area contributed by atoms with Gasteiger partial charge in [0.1, 0.15) is 6.10 Å². The van der Waals surface area contributed by atoms with Crippen molar-refractivity contribution in [3.05, 3.63) is 48.2 Å².